The summed E-state index contributed by atoms with van der Waals surface area (Å²) in [4.78, 5) is 26.1. The monoisotopic (exact) mass is 322 g/mol. The van der Waals surface area contributed by atoms with Crippen molar-refractivity contribution in [2.24, 2.45) is 0 Å². The molecule has 0 spiro atoms. The molecule has 0 N–H and O–H groups in total. The van der Waals surface area contributed by atoms with Gasteiger partial charge in [-0.1, -0.05) is 13.3 Å². The third-order valence-corrected chi connectivity index (χ3v) is 4.53. The van der Waals surface area contributed by atoms with Gasteiger partial charge in [0.2, 0.25) is 11.6 Å². The van der Waals surface area contributed by atoms with Crippen LogP contribution >= 0.6 is 0 Å². The maximum absolute atomic E-state index is 14.0. The standard InChI is InChI=1S/C14H21F3N2O3/c1-3-4-7-19-12(21)10-6-5-8-18(10)13(19,14(15,16)17)9-11(20)22-2/h10H,3-9H2,1-2H3/t10-,13+/m0/s1. The SMILES string of the molecule is CCCCN1C(=O)[C@@H]2CCCN2[C@@]1(CC(=O)OC)C(F)(F)F. The van der Waals surface area contributed by atoms with E-state index in [1.807, 2.05) is 6.92 Å². The van der Waals surface area contributed by atoms with Crippen molar-refractivity contribution in [3.05, 3.63) is 0 Å². The largest absolute Gasteiger partial charge is 0.469 e. The highest BCUT2D eigenvalue weighted by Crippen LogP contribution is 2.49. The van der Waals surface area contributed by atoms with Crippen molar-refractivity contribution in [3.8, 4) is 0 Å². The number of hydrogen-bond acceptors (Lipinski definition) is 4. The molecule has 2 saturated heterocycles. The van der Waals surface area contributed by atoms with Gasteiger partial charge in [0.1, 0.15) is 0 Å². The molecule has 0 aliphatic carbocycles. The Morgan fingerprint density at radius 3 is 2.68 bits per heavy atom. The summed E-state index contributed by atoms with van der Waals surface area (Å²) in [6.45, 7) is 2.01. The Hall–Kier alpha value is -1.31. The molecule has 0 unspecified atom stereocenters. The second-order valence-electron chi connectivity index (χ2n) is 5.76. The second-order valence-corrected chi connectivity index (χ2v) is 5.76. The minimum atomic E-state index is -4.72. The molecule has 8 heteroatoms. The van der Waals surface area contributed by atoms with Crippen molar-refractivity contribution in [2.75, 3.05) is 20.2 Å². The van der Waals surface area contributed by atoms with Crippen LogP contribution in [0.3, 0.4) is 0 Å². The molecule has 0 radical (unpaired) electrons. The fraction of sp³-hybridized carbons (Fsp3) is 0.857. The number of alkyl halides is 3. The lowest BCUT2D eigenvalue weighted by atomic mass is 10.0. The molecule has 2 atom stereocenters. The first-order chi connectivity index (χ1) is 10.3. The van der Waals surface area contributed by atoms with Gasteiger partial charge in [0.15, 0.2) is 0 Å². The lowest BCUT2D eigenvalue weighted by molar-refractivity contribution is -0.266. The quantitative estimate of drug-likeness (QED) is 0.726. The molecular formula is C14H21F3N2O3. The predicted octanol–water partition coefficient (Wildman–Crippen LogP) is 1.91. The Morgan fingerprint density at radius 2 is 2.14 bits per heavy atom. The maximum atomic E-state index is 14.0. The van der Waals surface area contributed by atoms with Gasteiger partial charge in [-0.05, 0) is 19.3 Å². The van der Waals surface area contributed by atoms with Crippen molar-refractivity contribution < 1.29 is 27.5 Å². The number of ether oxygens (including phenoxy) is 1. The fourth-order valence-corrected chi connectivity index (χ4v) is 3.48. The van der Waals surface area contributed by atoms with Crippen LogP contribution in [0.25, 0.3) is 0 Å². The van der Waals surface area contributed by atoms with Crippen molar-refractivity contribution in [1.82, 2.24) is 9.80 Å². The summed E-state index contributed by atoms with van der Waals surface area (Å²) < 4.78 is 46.3. The zero-order chi connectivity index (χ0) is 16.5. The van der Waals surface area contributed by atoms with Gasteiger partial charge >= 0.3 is 12.1 Å². The first-order valence-electron chi connectivity index (χ1n) is 7.51. The minimum absolute atomic E-state index is 0.00115. The Balaban J connectivity index is 2.47. The van der Waals surface area contributed by atoms with Gasteiger partial charge in [0, 0.05) is 13.1 Å². The Morgan fingerprint density at radius 1 is 1.45 bits per heavy atom. The number of unbranched alkanes of at least 4 members (excludes halogenated alkanes) is 1. The Kier molecular flexibility index (Phi) is 4.70. The first kappa shape index (κ1) is 17.1. The van der Waals surface area contributed by atoms with Gasteiger partial charge in [-0.25, -0.2) is 0 Å². The summed E-state index contributed by atoms with van der Waals surface area (Å²) in [5.74, 6) is -1.48. The second kappa shape index (κ2) is 6.06. The van der Waals surface area contributed by atoms with E-state index in [0.717, 1.165) is 16.9 Å². The summed E-state index contributed by atoms with van der Waals surface area (Å²) in [6.07, 6.45) is -3.54. The Bertz CT molecular complexity index is 455. The fourth-order valence-electron chi connectivity index (χ4n) is 3.48. The summed E-state index contributed by atoms with van der Waals surface area (Å²) >= 11 is 0. The molecule has 0 aromatic heterocycles. The lowest BCUT2D eigenvalue weighted by Crippen LogP contribution is -2.64. The highest BCUT2D eigenvalue weighted by molar-refractivity contribution is 5.87. The number of carbonyl (C=O) groups is 2. The van der Waals surface area contributed by atoms with Crippen LogP contribution in [0.5, 0.6) is 0 Å². The topological polar surface area (TPSA) is 49.9 Å². The molecule has 22 heavy (non-hydrogen) atoms. The van der Waals surface area contributed by atoms with Crippen molar-refractivity contribution >= 4 is 11.9 Å². The number of hydrogen-bond donors (Lipinski definition) is 0. The number of carbonyl (C=O) groups excluding carboxylic acids is 2. The van der Waals surface area contributed by atoms with Crippen LogP contribution in [-0.2, 0) is 14.3 Å². The average molecular weight is 322 g/mol. The smallest absolute Gasteiger partial charge is 0.426 e. The van der Waals surface area contributed by atoms with Crippen molar-refractivity contribution in [3.63, 3.8) is 0 Å². The number of fused-ring (bicyclic) bond motifs is 1. The Labute approximate surface area is 127 Å². The van der Waals surface area contributed by atoms with Crippen LogP contribution in [0.15, 0.2) is 0 Å². The molecule has 0 aromatic rings. The number of esters is 1. The average Bonchev–Trinajstić information content (AvgIpc) is 3.00. The molecule has 2 aliphatic heterocycles. The minimum Gasteiger partial charge on any atom is -0.469 e. The van der Waals surface area contributed by atoms with E-state index in [1.165, 1.54) is 0 Å². The van der Waals surface area contributed by atoms with E-state index >= 15 is 0 Å². The van der Waals surface area contributed by atoms with E-state index < -0.39 is 36.2 Å². The molecule has 2 fully saturated rings. The highest BCUT2D eigenvalue weighted by atomic mass is 19.4. The number of methoxy groups -OCH3 is 1. The van der Waals surface area contributed by atoms with Crippen molar-refractivity contribution in [1.29, 1.82) is 0 Å². The molecule has 0 saturated carbocycles. The number of rotatable bonds is 5. The van der Waals surface area contributed by atoms with Gasteiger partial charge in [0.05, 0.1) is 19.6 Å². The first-order valence-corrected chi connectivity index (χ1v) is 7.51. The molecule has 1 amide bonds. The van der Waals surface area contributed by atoms with Crippen LogP contribution in [0.4, 0.5) is 13.2 Å². The number of halogens is 3. The molecule has 5 nitrogen and oxygen atoms in total. The summed E-state index contributed by atoms with van der Waals surface area (Å²) in [6, 6.07) is -0.775. The summed E-state index contributed by atoms with van der Waals surface area (Å²) in [5.41, 5.74) is -2.56. The van der Waals surface area contributed by atoms with Gasteiger partial charge in [-0.15, -0.1) is 0 Å². The zero-order valence-corrected chi connectivity index (χ0v) is 12.8. The third kappa shape index (κ3) is 2.47. The van der Waals surface area contributed by atoms with Gasteiger partial charge in [-0.3, -0.25) is 14.5 Å². The van der Waals surface area contributed by atoms with E-state index in [-0.39, 0.29) is 13.1 Å². The van der Waals surface area contributed by atoms with Crippen LogP contribution < -0.4 is 0 Å². The highest BCUT2D eigenvalue weighted by Gasteiger charge is 2.71. The molecule has 2 heterocycles. The number of nitrogens with zero attached hydrogens (tertiary/aromatic N) is 2. The third-order valence-electron chi connectivity index (χ3n) is 4.53. The molecular weight excluding hydrogens is 301 g/mol. The molecule has 0 bridgehead atoms. The molecule has 2 aliphatic rings. The van der Waals surface area contributed by atoms with Crippen LogP contribution in [0.1, 0.15) is 39.0 Å². The van der Waals surface area contributed by atoms with Gasteiger partial charge in [-0.2, -0.15) is 13.2 Å². The van der Waals surface area contributed by atoms with E-state index in [0.29, 0.717) is 25.7 Å². The van der Waals surface area contributed by atoms with Gasteiger partial charge in [0.25, 0.3) is 0 Å². The van der Waals surface area contributed by atoms with Crippen LogP contribution in [0.2, 0.25) is 0 Å². The molecule has 2 rings (SSSR count). The van der Waals surface area contributed by atoms with Gasteiger partial charge < -0.3 is 9.64 Å². The van der Waals surface area contributed by atoms with Crippen LogP contribution in [-0.4, -0.2) is 59.8 Å². The summed E-state index contributed by atoms with van der Waals surface area (Å²) in [5, 5.41) is 0. The van der Waals surface area contributed by atoms with E-state index in [1.54, 1.807) is 0 Å². The zero-order valence-electron chi connectivity index (χ0n) is 12.8. The normalized spacial score (nSPS) is 29.0. The lowest BCUT2D eigenvalue weighted by Gasteiger charge is -2.43. The summed E-state index contributed by atoms with van der Waals surface area (Å²) in [7, 11) is 1.06. The van der Waals surface area contributed by atoms with E-state index in [2.05, 4.69) is 4.74 Å². The van der Waals surface area contributed by atoms with E-state index in [9.17, 15) is 22.8 Å². The van der Waals surface area contributed by atoms with Crippen LogP contribution in [0, 0.1) is 0 Å². The predicted molar refractivity (Wildman–Crippen MR) is 71.8 cm³/mol. The molecule has 126 valence electrons. The maximum Gasteiger partial charge on any atom is 0.426 e. The van der Waals surface area contributed by atoms with E-state index in [4.69, 9.17) is 0 Å². The number of amides is 1. The molecule has 0 aromatic carbocycles. The van der Waals surface area contributed by atoms with Crippen molar-refractivity contribution in [2.45, 2.75) is 56.9 Å².